The Morgan fingerprint density at radius 2 is 1.95 bits per heavy atom. The fraction of sp³-hybridized carbons (Fsp3) is 0.133. The second kappa shape index (κ2) is 6.15. The maximum absolute atomic E-state index is 8.77. The Hall–Kier alpha value is -2.73. The molecule has 1 aromatic carbocycles. The molecule has 0 aliphatic heterocycles. The van der Waals surface area contributed by atoms with Crippen LogP contribution in [0.15, 0.2) is 53.2 Å². The molecule has 0 saturated heterocycles. The summed E-state index contributed by atoms with van der Waals surface area (Å²) in [5, 5.41) is 15.8. The summed E-state index contributed by atoms with van der Waals surface area (Å²) < 4.78 is 5.26. The monoisotopic (exact) mass is 282 g/mol. The first-order valence-corrected chi connectivity index (χ1v) is 6.57. The highest BCUT2D eigenvalue weighted by Gasteiger charge is 2.10. The molecule has 0 unspecified atom stereocenters. The summed E-state index contributed by atoms with van der Waals surface area (Å²) >= 11 is 0. The van der Waals surface area contributed by atoms with E-state index in [4.69, 9.17) is 9.63 Å². The van der Waals surface area contributed by atoms with Crippen LogP contribution >= 0.6 is 0 Å². The number of nitrogens with zero attached hydrogens (tertiary/aromatic N) is 3. The van der Waals surface area contributed by atoms with Gasteiger partial charge in [0.15, 0.2) is 0 Å². The van der Waals surface area contributed by atoms with Gasteiger partial charge >= 0.3 is 0 Å². The van der Waals surface area contributed by atoms with E-state index in [1.807, 2.05) is 42.5 Å². The molecule has 0 fully saturated rings. The molecule has 6 heteroatoms. The van der Waals surface area contributed by atoms with E-state index in [9.17, 15) is 0 Å². The summed E-state index contributed by atoms with van der Waals surface area (Å²) in [6.07, 6.45) is 1.69. The van der Waals surface area contributed by atoms with Crippen molar-refractivity contribution in [1.29, 1.82) is 0 Å². The first-order chi connectivity index (χ1) is 10.4. The minimum absolute atomic E-state index is 0.0961. The number of pyridine rings is 1. The lowest BCUT2D eigenvalue weighted by molar-refractivity contribution is 0.311. The maximum atomic E-state index is 8.77. The summed E-state index contributed by atoms with van der Waals surface area (Å²) in [6, 6.07) is 13.1. The van der Waals surface area contributed by atoms with E-state index >= 15 is 0 Å². The van der Waals surface area contributed by atoms with Gasteiger partial charge in [0, 0.05) is 24.0 Å². The molecule has 0 aliphatic rings. The van der Waals surface area contributed by atoms with Crippen molar-refractivity contribution < 1.29 is 9.63 Å². The van der Waals surface area contributed by atoms with Gasteiger partial charge in [-0.1, -0.05) is 11.2 Å². The lowest BCUT2D eigenvalue weighted by atomic mass is 10.2. The predicted molar refractivity (Wildman–Crippen MR) is 78.5 cm³/mol. The summed E-state index contributed by atoms with van der Waals surface area (Å²) in [7, 11) is 0. The van der Waals surface area contributed by atoms with Gasteiger partial charge in [-0.3, -0.25) is 4.98 Å². The van der Waals surface area contributed by atoms with Crippen LogP contribution in [0.25, 0.3) is 23.0 Å². The molecule has 2 heterocycles. The molecule has 21 heavy (non-hydrogen) atoms. The Kier molecular flexibility index (Phi) is 3.88. The third kappa shape index (κ3) is 3.06. The van der Waals surface area contributed by atoms with Crippen molar-refractivity contribution in [1.82, 2.24) is 15.1 Å². The average Bonchev–Trinajstić information content (AvgIpc) is 3.04. The Morgan fingerprint density at radius 3 is 2.67 bits per heavy atom. The summed E-state index contributed by atoms with van der Waals surface area (Å²) in [4.78, 5) is 8.53. The molecular weight excluding hydrogens is 268 g/mol. The standard InChI is InChI=1S/C15H14N4O2/c20-10-9-16-12-6-4-11(5-7-12)15-18-14(19-21-15)13-3-1-2-8-17-13/h1-8,16,20H,9-10H2. The number of hydrogen-bond acceptors (Lipinski definition) is 6. The van der Waals surface area contributed by atoms with Crippen LogP contribution in [-0.2, 0) is 0 Å². The van der Waals surface area contributed by atoms with Crippen LogP contribution in [0, 0.1) is 0 Å². The lowest BCUT2D eigenvalue weighted by Crippen LogP contribution is -2.04. The van der Waals surface area contributed by atoms with Crippen LogP contribution in [-0.4, -0.2) is 33.4 Å². The SMILES string of the molecule is OCCNc1ccc(-c2nc(-c3ccccn3)no2)cc1. The number of rotatable bonds is 5. The van der Waals surface area contributed by atoms with Crippen molar-refractivity contribution in [2.45, 2.75) is 0 Å². The fourth-order valence-electron chi connectivity index (χ4n) is 1.87. The van der Waals surface area contributed by atoms with E-state index in [0.29, 0.717) is 24.0 Å². The highest BCUT2D eigenvalue weighted by Crippen LogP contribution is 2.22. The van der Waals surface area contributed by atoms with E-state index in [1.54, 1.807) is 6.20 Å². The molecule has 2 aromatic heterocycles. The molecule has 3 aromatic rings. The second-order valence-electron chi connectivity index (χ2n) is 4.37. The third-order valence-corrected chi connectivity index (χ3v) is 2.89. The first-order valence-electron chi connectivity index (χ1n) is 6.57. The average molecular weight is 282 g/mol. The lowest BCUT2D eigenvalue weighted by Gasteiger charge is -2.03. The number of anilines is 1. The maximum Gasteiger partial charge on any atom is 0.258 e. The van der Waals surface area contributed by atoms with Gasteiger partial charge in [-0.15, -0.1) is 0 Å². The number of benzene rings is 1. The van der Waals surface area contributed by atoms with Gasteiger partial charge in [0.2, 0.25) is 5.82 Å². The van der Waals surface area contributed by atoms with Gasteiger partial charge in [-0.2, -0.15) is 4.98 Å². The normalized spacial score (nSPS) is 10.5. The van der Waals surface area contributed by atoms with E-state index in [2.05, 4.69) is 20.4 Å². The van der Waals surface area contributed by atoms with Crippen molar-refractivity contribution in [3.63, 3.8) is 0 Å². The minimum atomic E-state index is 0.0961. The number of aromatic nitrogens is 3. The molecule has 0 spiro atoms. The zero-order valence-electron chi connectivity index (χ0n) is 11.2. The molecule has 0 amide bonds. The predicted octanol–water partition coefficient (Wildman–Crippen LogP) is 2.20. The topological polar surface area (TPSA) is 84.1 Å². The molecular formula is C15H14N4O2. The van der Waals surface area contributed by atoms with Crippen molar-refractivity contribution in [2.75, 3.05) is 18.5 Å². The van der Waals surface area contributed by atoms with Crippen LogP contribution in [0.1, 0.15) is 0 Å². The van der Waals surface area contributed by atoms with Crippen LogP contribution in [0.2, 0.25) is 0 Å². The summed E-state index contributed by atoms with van der Waals surface area (Å²) in [6.45, 7) is 0.614. The Labute approximate surface area is 121 Å². The second-order valence-corrected chi connectivity index (χ2v) is 4.37. The molecule has 3 rings (SSSR count). The fourth-order valence-corrected chi connectivity index (χ4v) is 1.87. The summed E-state index contributed by atoms with van der Waals surface area (Å²) in [5.41, 5.74) is 2.44. The van der Waals surface area contributed by atoms with E-state index in [0.717, 1.165) is 11.3 Å². The molecule has 2 N–H and O–H groups in total. The van der Waals surface area contributed by atoms with Crippen molar-refractivity contribution in [2.24, 2.45) is 0 Å². The van der Waals surface area contributed by atoms with E-state index in [1.165, 1.54) is 0 Å². The van der Waals surface area contributed by atoms with Crippen molar-refractivity contribution in [3.05, 3.63) is 48.7 Å². The Morgan fingerprint density at radius 1 is 1.10 bits per heavy atom. The van der Waals surface area contributed by atoms with E-state index in [-0.39, 0.29) is 6.61 Å². The molecule has 6 nitrogen and oxygen atoms in total. The molecule has 0 aliphatic carbocycles. The largest absolute Gasteiger partial charge is 0.395 e. The van der Waals surface area contributed by atoms with Gasteiger partial charge in [0.05, 0.1) is 6.61 Å². The Bertz CT molecular complexity index is 695. The quantitative estimate of drug-likeness (QED) is 0.746. The molecule has 106 valence electrons. The highest BCUT2D eigenvalue weighted by atomic mass is 16.5. The van der Waals surface area contributed by atoms with Crippen LogP contribution < -0.4 is 5.32 Å². The number of hydrogen-bond donors (Lipinski definition) is 2. The van der Waals surface area contributed by atoms with Crippen molar-refractivity contribution in [3.8, 4) is 23.0 Å². The zero-order chi connectivity index (χ0) is 14.5. The first kappa shape index (κ1) is 13.3. The van der Waals surface area contributed by atoms with Gasteiger partial charge in [0.25, 0.3) is 5.89 Å². The molecule has 0 saturated carbocycles. The summed E-state index contributed by atoms with van der Waals surface area (Å²) in [5.74, 6) is 0.914. The van der Waals surface area contributed by atoms with Gasteiger partial charge in [0.1, 0.15) is 5.69 Å². The van der Waals surface area contributed by atoms with Gasteiger partial charge in [-0.05, 0) is 36.4 Å². The smallest absolute Gasteiger partial charge is 0.258 e. The van der Waals surface area contributed by atoms with Crippen LogP contribution in [0.3, 0.4) is 0 Å². The van der Waals surface area contributed by atoms with E-state index < -0.39 is 0 Å². The third-order valence-electron chi connectivity index (χ3n) is 2.89. The number of aliphatic hydroxyl groups excluding tert-OH is 1. The minimum Gasteiger partial charge on any atom is -0.395 e. The Balaban J connectivity index is 1.80. The number of aliphatic hydroxyl groups is 1. The van der Waals surface area contributed by atoms with Gasteiger partial charge in [-0.25, -0.2) is 0 Å². The molecule has 0 atom stereocenters. The molecule has 0 radical (unpaired) electrons. The van der Waals surface area contributed by atoms with Crippen molar-refractivity contribution >= 4 is 5.69 Å². The van der Waals surface area contributed by atoms with Gasteiger partial charge < -0.3 is 14.9 Å². The molecule has 0 bridgehead atoms. The zero-order valence-corrected chi connectivity index (χ0v) is 11.2. The highest BCUT2D eigenvalue weighted by molar-refractivity contribution is 5.60. The van der Waals surface area contributed by atoms with Crippen LogP contribution in [0.4, 0.5) is 5.69 Å². The van der Waals surface area contributed by atoms with Crippen LogP contribution in [0.5, 0.6) is 0 Å². The number of nitrogens with one attached hydrogen (secondary N) is 1.